The van der Waals surface area contributed by atoms with E-state index in [1.807, 2.05) is 11.8 Å². The van der Waals surface area contributed by atoms with Crippen LogP contribution in [0.3, 0.4) is 0 Å². The molecule has 1 saturated carbocycles. The van der Waals surface area contributed by atoms with Crippen molar-refractivity contribution in [2.24, 2.45) is 5.92 Å². The minimum absolute atomic E-state index is 0.0401. The van der Waals surface area contributed by atoms with E-state index in [4.69, 9.17) is 4.98 Å². The molecule has 6 heteroatoms. The zero-order valence-electron chi connectivity index (χ0n) is 19.3. The summed E-state index contributed by atoms with van der Waals surface area (Å²) in [5.41, 5.74) is 0.846. The van der Waals surface area contributed by atoms with Crippen molar-refractivity contribution in [1.82, 2.24) is 19.8 Å². The van der Waals surface area contributed by atoms with Gasteiger partial charge in [-0.1, -0.05) is 26.2 Å². The van der Waals surface area contributed by atoms with Gasteiger partial charge in [0.25, 0.3) is 5.56 Å². The van der Waals surface area contributed by atoms with E-state index in [2.05, 4.69) is 9.88 Å². The summed E-state index contributed by atoms with van der Waals surface area (Å²) in [4.78, 5) is 37.4. The predicted octanol–water partition coefficient (Wildman–Crippen LogP) is 4.04. The van der Waals surface area contributed by atoms with Crippen LogP contribution in [0, 0.1) is 5.92 Å². The summed E-state index contributed by atoms with van der Waals surface area (Å²) in [7, 11) is 0. The van der Waals surface area contributed by atoms with Gasteiger partial charge in [-0.05, 0) is 64.0 Å². The molecule has 1 atom stereocenters. The number of amides is 1. The summed E-state index contributed by atoms with van der Waals surface area (Å²) in [6, 6.07) is 1.67. The van der Waals surface area contributed by atoms with Gasteiger partial charge < -0.3 is 14.8 Å². The van der Waals surface area contributed by atoms with E-state index >= 15 is 0 Å². The molecule has 2 saturated heterocycles. The number of nitrogens with zero attached hydrogens (tertiary/aromatic N) is 3. The third-order valence-electron chi connectivity index (χ3n) is 7.65. The topological polar surface area (TPSA) is 69.3 Å². The van der Waals surface area contributed by atoms with Crippen molar-refractivity contribution >= 4 is 5.91 Å². The minimum atomic E-state index is -0.0401. The Hall–Kier alpha value is -1.69. The van der Waals surface area contributed by atoms with Gasteiger partial charge in [0.05, 0.1) is 5.69 Å². The maximum atomic E-state index is 12.5. The van der Waals surface area contributed by atoms with Crippen LogP contribution < -0.4 is 5.56 Å². The van der Waals surface area contributed by atoms with Crippen molar-refractivity contribution in [3.8, 4) is 0 Å². The lowest BCUT2D eigenvalue weighted by molar-refractivity contribution is -0.132. The van der Waals surface area contributed by atoms with Crippen molar-refractivity contribution in [2.75, 3.05) is 32.7 Å². The number of hydrogen-bond donors (Lipinski definition) is 1. The number of nitrogens with one attached hydrogen (secondary N) is 1. The Morgan fingerprint density at radius 3 is 2.55 bits per heavy atom. The summed E-state index contributed by atoms with van der Waals surface area (Å²) >= 11 is 0. The van der Waals surface area contributed by atoms with E-state index in [0.717, 1.165) is 69.2 Å². The van der Waals surface area contributed by atoms with Gasteiger partial charge in [0.15, 0.2) is 0 Å². The predicted molar refractivity (Wildman–Crippen MR) is 123 cm³/mol. The monoisotopic (exact) mass is 428 g/mol. The molecule has 2 aliphatic heterocycles. The molecule has 0 radical (unpaired) electrons. The molecule has 3 heterocycles. The van der Waals surface area contributed by atoms with E-state index in [-0.39, 0.29) is 17.4 Å². The Morgan fingerprint density at radius 1 is 1.03 bits per heavy atom. The number of rotatable bonds is 6. The van der Waals surface area contributed by atoms with Gasteiger partial charge >= 0.3 is 0 Å². The second kappa shape index (κ2) is 10.8. The van der Waals surface area contributed by atoms with Crippen molar-refractivity contribution in [2.45, 2.75) is 89.4 Å². The molecular weight excluding hydrogens is 388 g/mol. The number of H-pyrrole nitrogens is 1. The zero-order valence-corrected chi connectivity index (χ0v) is 19.3. The first-order valence-corrected chi connectivity index (χ1v) is 12.7. The molecule has 0 spiro atoms. The van der Waals surface area contributed by atoms with Crippen LogP contribution in [0.4, 0.5) is 0 Å². The normalized spacial score (nSPS) is 24.4. The first-order chi connectivity index (χ1) is 15.1. The van der Waals surface area contributed by atoms with Crippen LogP contribution in [0.5, 0.6) is 0 Å². The first-order valence-electron chi connectivity index (χ1n) is 12.7. The number of piperidine rings is 2. The van der Waals surface area contributed by atoms with Gasteiger partial charge in [0.2, 0.25) is 5.91 Å². The van der Waals surface area contributed by atoms with Gasteiger partial charge in [0.1, 0.15) is 5.82 Å². The molecule has 0 aromatic carbocycles. The fourth-order valence-corrected chi connectivity index (χ4v) is 5.84. The third-order valence-corrected chi connectivity index (χ3v) is 7.65. The summed E-state index contributed by atoms with van der Waals surface area (Å²) in [6.07, 6.45) is 12.7. The van der Waals surface area contributed by atoms with Gasteiger partial charge in [-0.15, -0.1) is 0 Å². The van der Waals surface area contributed by atoms with Crippen LogP contribution in [0.1, 0.15) is 101 Å². The summed E-state index contributed by atoms with van der Waals surface area (Å²) in [6.45, 7) is 7.06. The van der Waals surface area contributed by atoms with Gasteiger partial charge in [-0.3, -0.25) is 9.59 Å². The number of likely N-dealkylation sites (tertiary alicyclic amines) is 2. The molecule has 3 fully saturated rings. The maximum Gasteiger partial charge on any atom is 0.251 e. The lowest BCUT2D eigenvalue weighted by Crippen LogP contribution is -2.40. The zero-order chi connectivity index (χ0) is 21.6. The summed E-state index contributed by atoms with van der Waals surface area (Å²) in [5, 5.41) is 0. The molecule has 172 valence electrons. The smallest absolute Gasteiger partial charge is 0.251 e. The van der Waals surface area contributed by atoms with E-state index in [1.165, 1.54) is 38.6 Å². The van der Waals surface area contributed by atoms with Crippen molar-refractivity contribution < 1.29 is 4.79 Å². The van der Waals surface area contributed by atoms with Gasteiger partial charge in [-0.2, -0.15) is 0 Å². The lowest BCUT2D eigenvalue weighted by atomic mass is 9.87. The van der Waals surface area contributed by atoms with Crippen LogP contribution in [0.2, 0.25) is 0 Å². The minimum Gasteiger partial charge on any atom is -0.342 e. The Balaban J connectivity index is 1.37. The van der Waals surface area contributed by atoms with Crippen LogP contribution in [0.25, 0.3) is 0 Å². The molecule has 1 aliphatic carbocycles. The molecule has 6 nitrogen and oxygen atoms in total. The average Bonchev–Trinajstić information content (AvgIpc) is 2.80. The number of carbonyl (C=O) groups is 1. The van der Waals surface area contributed by atoms with Crippen molar-refractivity contribution in [3.05, 3.63) is 27.9 Å². The van der Waals surface area contributed by atoms with E-state index in [9.17, 15) is 9.59 Å². The highest BCUT2D eigenvalue weighted by molar-refractivity contribution is 5.76. The molecule has 31 heavy (non-hydrogen) atoms. The number of aromatic nitrogens is 2. The number of hydrogen-bond acceptors (Lipinski definition) is 4. The summed E-state index contributed by atoms with van der Waals surface area (Å²) in [5.74, 6) is 2.52. The highest BCUT2D eigenvalue weighted by Crippen LogP contribution is 2.31. The van der Waals surface area contributed by atoms with E-state index < -0.39 is 0 Å². The highest BCUT2D eigenvalue weighted by Gasteiger charge is 2.28. The van der Waals surface area contributed by atoms with Crippen LogP contribution >= 0.6 is 0 Å². The van der Waals surface area contributed by atoms with E-state index in [0.29, 0.717) is 18.9 Å². The first kappa shape index (κ1) is 22.5. The molecule has 3 aliphatic rings. The Kier molecular flexibility index (Phi) is 7.81. The fourth-order valence-electron chi connectivity index (χ4n) is 5.84. The average molecular weight is 429 g/mol. The molecule has 0 unspecified atom stereocenters. The number of aromatic amines is 1. The van der Waals surface area contributed by atoms with Gasteiger partial charge in [-0.25, -0.2) is 4.98 Å². The van der Waals surface area contributed by atoms with E-state index in [1.54, 1.807) is 6.07 Å². The second-order valence-electron chi connectivity index (χ2n) is 10.1. The third kappa shape index (κ3) is 5.97. The van der Waals surface area contributed by atoms with Crippen LogP contribution in [-0.4, -0.2) is 58.4 Å². The second-order valence-corrected chi connectivity index (χ2v) is 10.1. The fraction of sp³-hybridized carbons (Fsp3) is 0.800. The van der Waals surface area contributed by atoms with Crippen LogP contribution in [-0.2, 0) is 4.79 Å². The van der Waals surface area contributed by atoms with Crippen LogP contribution in [0.15, 0.2) is 10.9 Å². The Labute approximate surface area is 186 Å². The molecule has 1 amide bonds. The SMILES string of the molecule is CCCC(=O)N1CCC[C@H](c2cc(=O)[nH]c(C3CCN(CC4CCCCC4)CC3)n2)C1. The van der Waals surface area contributed by atoms with Crippen molar-refractivity contribution in [1.29, 1.82) is 0 Å². The molecule has 1 aromatic rings. The standard InChI is InChI=1S/C25H40N4O2/c1-2-7-24(31)29-13-6-10-21(18-29)22-16-23(30)27-25(26-22)20-11-14-28(15-12-20)17-19-8-4-3-5-9-19/h16,19-21H,2-15,17-18H2,1H3,(H,26,27,30)/t21-/m0/s1. The lowest BCUT2D eigenvalue weighted by Gasteiger charge is -2.35. The Morgan fingerprint density at radius 2 is 1.81 bits per heavy atom. The molecular formula is C25H40N4O2. The highest BCUT2D eigenvalue weighted by atomic mass is 16.2. The largest absolute Gasteiger partial charge is 0.342 e. The molecule has 0 bridgehead atoms. The van der Waals surface area contributed by atoms with Crippen molar-refractivity contribution in [3.63, 3.8) is 0 Å². The Bertz CT molecular complexity index is 778. The molecule has 1 aromatic heterocycles. The maximum absolute atomic E-state index is 12.5. The quantitative estimate of drug-likeness (QED) is 0.743. The van der Waals surface area contributed by atoms with Gasteiger partial charge in [0, 0.05) is 44.0 Å². The molecule has 1 N–H and O–H groups in total. The summed E-state index contributed by atoms with van der Waals surface area (Å²) < 4.78 is 0. The molecule has 4 rings (SSSR count). The number of carbonyl (C=O) groups excluding carboxylic acids is 1.